The fraction of sp³-hybridized carbons (Fsp3) is 0.500. The van der Waals surface area contributed by atoms with Crippen LogP contribution in [0.25, 0.3) is 0 Å². The van der Waals surface area contributed by atoms with Crippen LogP contribution in [0, 0.1) is 5.92 Å². The van der Waals surface area contributed by atoms with E-state index in [0.717, 1.165) is 11.9 Å². The minimum Gasteiger partial charge on any atom is -0.497 e. The van der Waals surface area contributed by atoms with Crippen molar-refractivity contribution in [2.75, 3.05) is 28.3 Å². The number of carbonyl (C=O) groups is 2. The Morgan fingerprint density at radius 2 is 1.60 bits per heavy atom. The Hall–Kier alpha value is -2.13. The Morgan fingerprint density at radius 1 is 1.12 bits per heavy atom. The van der Waals surface area contributed by atoms with Crippen LogP contribution in [0.3, 0.4) is 0 Å². The summed E-state index contributed by atoms with van der Waals surface area (Å²) in [5.41, 5.74) is -2.26. The van der Waals surface area contributed by atoms with Gasteiger partial charge in [-0.05, 0) is 30.2 Å². The van der Waals surface area contributed by atoms with Gasteiger partial charge in [-0.1, -0.05) is 13.8 Å². The molecular weight excluding hydrogens is 348 g/mol. The molecule has 1 aromatic rings. The van der Waals surface area contributed by atoms with Gasteiger partial charge < -0.3 is 14.7 Å². The highest BCUT2D eigenvalue weighted by molar-refractivity contribution is 7.89. The number of sulfonamides is 1. The van der Waals surface area contributed by atoms with E-state index in [0.29, 0.717) is 10.1 Å². The largest absolute Gasteiger partial charge is 0.497 e. The molecule has 0 fully saturated rings. The minimum atomic E-state index is -4.24. The highest BCUT2D eigenvalue weighted by atomic mass is 32.2. The topological polar surface area (TPSA) is 104 Å². The fourth-order valence-corrected chi connectivity index (χ4v) is 4.20. The van der Waals surface area contributed by atoms with Gasteiger partial charge in [0.1, 0.15) is 5.75 Å². The Bertz CT molecular complexity index is 742. The van der Waals surface area contributed by atoms with E-state index in [4.69, 9.17) is 4.74 Å². The highest BCUT2D eigenvalue weighted by Gasteiger charge is 2.57. The second kappa shape index (κ2) is 7.40. The molecule has 1 unspecified atom stereocenters. The predicted octanol–water partition coefficient (Wildman–Crippen LogP) is 0.883. The summed E-state index contributed by atoms with van der Waals surface area (Å²) in [6, 6.07) is 5.51. The first-order valence-corrected chi connectivity index (χ1v) is 8.96. The van der Waals surface area contributed by atoms with Crippen molar-refractivity contribution in [2.45, 2.75) is 24.3 Å². The van der Waals surface area contributed by atoms with Crippen molar-refractivity contribution in [3.05, 3.63) is 24.3 Å². The number of carboxylic acid groups (broad SMARTS) is 1. The SMILES string of the molecule is COc1ccc(S(=O)(=O)N(C)C(C(=O)O)(C(=O)N(C)C)C(C)C)cc1. The molecule has 140 valence electrons. The van der Waals surface area contributed by atoms with E-state index in [1.54, 1.807) is 0 Å². The molecule has 8 nitrogen and oxygen atoms in total. The molecule has 1 rings (SSSR count). The molecule has 0 spiro atoms. The number of hydrogen-bond acceptors (Lipinski definition) is 5. The van der Waals surface area contributed by atoms with Gasteiger partial charge >= 0.3 is 5.97 Å². The smallest absolute Gasteiger partial charge is 0.335 e. The van der Waals surface area contributed by atoms with Crippen LogP contribution in [0.5, 0.6) is 5.75 Å². The summed E-state index contributed by atoms with van der Waals surface area (Å²) in [6.07, 6.45) is 0. The normalized spacial score (nSPS) is 14.2. The number of carboxylic acids is 1. The molecule has 1 amide bonds. The first kappa shape index (κ1) is 20.9. The number of likely N-dealkylation sites (N-methyl/N-ethyl adjacent to an activating group) is 2. The van der Waals surface area contributed by atoms with Crippen LogP contribution in [0.4, 0.5) is 0 Å². The monoisotopic (exact) mass is 372 g/mol. The number of rotatable bonds is 7. The number of aliphatic carboxylic acids is 1. The molecule has 0 aliphatic heterocycles. The Labute approximate surface area is 148 Å². The number of amides is 1. The fourth-order valence-electron chi connectivity index (χ4n) is 2.65. The quantitative estimate of drug-likeness (QED) is 0.713. The number of carbonyl (C=O) groups excluding carboxylic acids is 1. The average Bonchev–Trinajstić information content (AvgIpc) is 2.54. The lowest BCUT2D eigenvalue weighted by molar-refractivity contribution is -0.161. The van der Waals surface area contributed by atoms with Gasteiger partial charge in [-0.2, -0.15) is 4.31 Å². The number of methoxy groups -OCH3 is 1. The zero-order valence-corrected chi connectivity index (χ0v) is 16.0. The molecule has 0 radical (unpaired) electrons. The van der Waals surface area contributed by atoms with Crippen molar-refractivity contribution in [3.63, 3.8) is 0 Å². The number of nitrogens with zero attached hydrogens (tertiary/aromatic N) is 2. The van der Waals surface area contributed by atoms with Crippen molar-refractivity contribution in [2.24, 2.45) is 5.92 Å². The zero-order chi connectivity index (χ0) is 19.6. The lowest BCUT2D eigenvalue weighted by Crippen LogP contribution is -2.66. The van der Waals surface area contributed by atoms with Crippen LogP contribution in [-0.4, -0.2) is 68.4 Å². The Morgan fingerprint density at radius 3 is 1.92 bits per heavy atom. The van der Waals surface area contributed by atoms with Gasteiger partial charge in [-0.3, -0.25) is 4.79 Å². The standard InChI is InChI=1S/C16H24N2O6S/c1-11(2)16(15(20)21,14(19)17(3)4)18(5)25(22,23)13-9-7-12(24-6)8-10-13/h7-11H,1-6H3,(H,20,21). The van der Waals surface area contributed by atoms with Gasteiger partial charge in [-0.15, -0.1) is 0 Å². The Kier molecular flexibility index (Phi) is 6.19. The third-order valence-corrected chi connectivity index (χ3v) is 5.99. The van der Waals surface area contributed by atoms with E-state index in [1.165, 1.54) is 59.3 Å². The molecule has 25 heavy (non-hydrogen) atoms. The van der Waals surface area contributed by atoms with Crippen LogP contribution in [0.2, 0.25) is 0 Å². The first-order valence-electron chi connectivity index (χ1n) is 7.52. The van der Waals surface area contributed by atoms with Gasteiger partial charge in [0.05, 0.1) is 12.0 Å². The maximum Gasteiger partial charge on any atom is 0.335 e. The van der Waals surface area contributed by atoms with Crippen LogP contribution in [0.15, 0.2) is 29.2 Å². The second-order valence-electron chi connectivity index (χ2n) is 6.07. The summed E-state index contributed by atoms with van der Waals surface area (Å²) < 4.78 is 31.6. The average molecular weight is 372 g/mol. The van der Waals surface area contributed by atoms with Gasteiger partial charge in [0.15, 0.2) is 0 Å². The number of hydrogen-bond donors (Lipinski definition) is 1. The number of benzene rings is 1. The van der Waals surface area contributed by atoms with Crippen LogP contribution in [0.1, 0.15) is 13.8 Å². The van der Waals surface area contributed by atoms with Crippen molar-refractivity contribution < 1.29 is 27.9 Å². The number of ether oxygens (including phenoxy) is 1. The van der Waals surface area contributed by atoms with Crippen LogP contribution >= 0.6 is 0 Å². The summed E-state index contributed by atoms with van der Waals surface area (Å²) in [4.78, 5) is 25.7. The molecule has 0 aliphatic rings. The molecule has 0 aliphatic carbocycles. The zero-order valence-electron chi connectivity index (χ0n) is 15.2. The molecule has 1 atom stereocenters. The molecule has 0 saturated carbocycles. The molecule has 0 bridgehead atoms. The van der Waals surface area contributed by atoms with E-state index in [-0.39, 0.29) is 4.90 Å². The van der Waals surface area contributed by atoms with E-state index >= 15 is 0 Å². The third kappa shape index (κ3) is 3.47. The molecule has 1 N–H and O–H groups in total. The third-order valence-electron chi connectivity index (χ3n) is 4.11. The lowest BCUT2D eigenvalue weighted by atomic mass is 9.85. The van der Waals surface area contributed by atoms with E-state index in [9.17, 15) is 23.1 Å². The minimum absolute atomic E-state index is 0.131. The van der Waals surface area contributed by atoms with Gasteiger partial charge in [0.25, 0.3) is 5.91 Å². The molecule has 9 heteroatoms. The van der Waals surface area contributed by atoms with Gasteiger partial charge in [0, 0.05) is 21.1 Å². The summed E-state index contributed by atoms with van der Waals surface area (Å²) in [5, 5.41) is 9.80. The van der Waals surface area contributed by atoms with E-state index in [2.05, 4.69) is 0 Å². The maximum atomic E-state index is 13.0. The van der Waals surface area contributed by atoms with Crippen LogP contribution < -0.4 is 4.74 Å². The van der Waals surface area contributed by atoms with Crippen molar-refractivity contribution in [1.82, 2.24) is 9.21 Å². The highest BCUT2D eigenvalue weighted by Crippen LogP contribution is 2.32. The molecule has 0 saturated heterocycles. The first-order chi connectivity index (χ1) is 11.4. The predicted molar refractivity (Wildman–Crippen MR) is 91.8 cm³/mol. The van der Waals surface area contributed by atoms with Crippen molar-refractivity contribution in [3.8, 4) is 5.75 Å². The molecule has 1 aromatic carbocycles. The Balaban J connectivity index is 3.58. The molecule has 0 aromatic heterocycles. The summed E-state index contributed by atoms with van der Waals surface area (Å²) in [6.45, 7) is 2.99. The van der Waals surface area contributed by atoms with E-state index < -0.39 is 33.4 Å². The summed E-state index contributed by atoms with van der Waals surface area (Å²) in [5.74, 6) is -2.70. The second-order valence-corrected chi connectivity index (χ2v) is 8.04. The molecular formula is C16H24N2O6S. The van der Waals surface area contributed by atoms with E-state index in [1.807, 2.05) is 0 Å². The molecule has 0 heterocycles. The van der Waals surface area contributed by atoms with Gasteiger partial charge in [0.2, 0.25) is 15.6 Å². The van der Waals surface area contributed by atoms with Gasteiger partial charge in [-0.25, -0.2) is 13.2 Å². The maximum absolute atomic E-state index is 13.0. The summed E-state index contributed by atoms with van der Waals surface area (Å²) >= 11 is 0. The van der Waals surface area contributed by atoms with Crippen molar-refractivity contribution >= 4 is 21.9 Å². The lowest BCUT2D eigenvalue weighted by Gasteiger charge is -2.40. The summed E-state index contributed by atoms with van der Waals surface area (Å²) in [7, 11) is 1.08. The van der Waals surface area contributed by atoms with Crippen LogP contribution in [-0.2, 0) is 19.6 Å². The van der Waals surface area contributed by atoms with Crippen molar-refractivity contribution in [1.29, 1.82) is 0 Å².